The lowest BCUT2D eigenvalue weighted by Gasteiger charge is -2.26. The van der Waals surface area contributed by atoms with Crippen molar-refractivity contribution >= 4 is 17.7 Å². The number of carbonyl (C=O) groups excluding carboxylic acids is 1. The van der Waals surface area contributed by atoms with E-state index in [1.807, 2.05) is 12.1 Å². The van der Waals surface area contributed by atoms with Gasteiger partial charge in [0.15, 0.2) is 0 Å². The molecule has 4 nitrogen and oxygen atoms in total. The molecular weight excluding hydrogens is 334 g/mol. The third-order valence-corrected chi connectivity index (χ3v) is 5.30. The van der Waals surface area contributed by atoms with Gasteiger partial charge >= 0.3 is 5.97 Å². The molecule has 25 heavy (non-hydrogen) atoms. The van der Waals surface area contributed by atoms with Gasteiger partial charge in [-0.1, -0.05) is 24.3 Å². The number of hydrogen-bond acceptors (Lipinski definition) is 5. The Bertz CT molecular complexity index is 679. The number of morpholine rings is 1. The van der Waals surface area contributed by atoms with Crippen molar-refractivity contribution in [2.75, 3.05) is 33.4 Å². The van der Waals surface area contributed by atoms with Gasteiger partial charge in [0.1, 0.15) is 0 Å². The summed E-state index contributed by atoms with van der Waals surface area (Å²) in [6.07, 6.45) is 0. The van der Waals surface area contributed by atoms with Gasteiger partial charge < -0.3 is 9.47 Å². The number of esters is 1. The van der Waals surface area contributed by atoms with Crippen LogP contribution in [0.1, 0.15) is 21.5 Å². The molecule has 1 aliphatic heterocycles. The zero-order valence-corrected chi connectivity index (χ0v) is 15.3. The first-order chi connectivity index (χ1) is 12.2. The lowest BCUT2D eigenvalue weighted by molar-refractivity contribution is 0.0342. The van der Waals surface area contributed by atoms with Crippen LogP contribution >= 0.6 is 11.8 Å². The van der Waals surface area contributed by atoms with E-state index in [4.69, 9.17) is 9.47 Å². The van der Waals surface area contributed by atoms with Crippen molar-refractivity contribution in [3.63, 3.8) is 0 Å². The SMILES string of the molecule is COC(=O)c1ccc(SCc2ccc(CN3CCOCC3)cc2)cc1. The Balaban J connectivity index is 1.50. The normalized spacial score (nSPS) is 15.1. The first kappa shape index (κ1) is 18.0. The van der Waals surface area contributed by atoms with E-state index >= 15 is 0 Å². The molecule has 0 saturated carbocycles. The molecule has 1 heterocycles. The van der Waals surface area contributed by atoms with Crippen LogP contribution in [0.3, 0.4) is 0 Å². The summed E-state index contributed by atoms with van der Waals surface area (Å²) in [6, 6.07) is 16.4. The summed E-state index contributed by atoms with van der Waals surface area (Å²) in [7, 11) is 1.40. The summed E-state index contributed by atoms with van der Waals surface area (Å²) in [5, 5.41) is 0. The predicted molar refractivity (Wildman–Crippen MR) is 99.9 cm³/mol. The van der Waals surface area contributed by atoms with Crippen LogP contribution in [0, 0.1) is 0 Å². The topological polar surface area (TPSA) is 38.8 Å². The predicted octanol–water partition coefficient (Wildman–Crippen LogP) is 3.60. The first-order valence-corrected chi connectivity index (χ1v) is 9.42. The van der Waals surface area contributed by atoms with Gasteiger partial charge in [0.25, 0.3) is 0 Å². The largest absolute Gasteiger partial charge is 0.465 e. The average Bonchev–Trinajstić information content (AvgIpc) is 2.68. The van der Waals surface area contributed by atoms with Gasteiger partial charge in [0.05, 0.1) is 25.9 Å². The Morgan fingerprint density at radius 1 is 1.04 bits per heavy atom. The van der Waals surface area contributed by atoms with Crippen LogP contribution in [0.2, 0.25) is 0 Å². The van der Waals surface area contributed by atoms with E-state index in [1.54, 1.807) is 23.9 Å². The van der Waals surface area contributed by atoms with Crippen LogP contribution in [-0.4, -0.2) is 44.3 Å². The molecule has 1 aliphatic rings. The molecule has 3 rings (SSSR count). The molecule has 0 bridgehead atoms. The summed E-state index contributed by atoms with van der Waals surface area (Å²) in [5.41, 5.74) is 3.23. The Labute approximate surface area is 153 Å². The third kappa shape index (κ3) is 5.33. The smallest absolute Gasteiger partial charge is 0.337 e. The number of rotatable bonds is 6. The highest BCUT2D eigenvalue weighted by Gasteiger charge is 2.10. The van der Waals surface area contributed by atoms with Gasteiger partial charge in [-0.15, -0.1) is 11.8 Å². The van der Waals surface area contributed by atoms with Crippen LogP contribution in [0.5, 0.6) is 0 Å². The van der Waals surface area contributed by atoms with Gasteiger partial charge in [-0.3, -0.25) is 4.90 Å². The fraction of sp³-hybridized carbons (Fsp3) is 0.350. The molecule has 0 atom stereocenters. The van der Waals surface area contributed by atoms with Crippen molar-refractivity contribution in [3.8, 4) is 0 Å². The van der Waals surface area contributed by atoms with E-state index in [0.29, 0.717) is 5.56 Å². The molecule has 132 valence electrons. The molecule has 0 unspecified atom stereocenters. The molecule has 1 saturated heterocycles. The highest BCUT2D eigenvalue weighted by molar-refractivity contribution is 7.98. The number of ether oxygens (including phenoxy) is 2. The maximum atomic E-state index is 11.4. The van der Waals surface area contributed by atoms with Crippen molar-refractivity contribution < 1.29 is 14.3 Å². The molecule has 0 radical (unpaired) electrons. The number of thioether (sulfide) groups is 1. The molecule has 1 fully saturated rings. The van der Waals surface area contributed by atoms with E-state index in [1.165, 1.54) is 18.2 Å². The zero-order valence-electron chi connectivity index (χ0n) is 14.4. The Morgan fingerprint density at radius 3 is 2.32 bits per heavy atom. The minimum Gasteiger partial charge on any atom is -0.465 e. The molecule has 2 aromatic carbocycles. The van der Waals surface area contributed by atoms with E-state index in [9.17, 15) is 4.79 Å². The average molecular weight is 357 g/mol. The number of carbonyl (C=O) groups is 1. The maximum absolute atomic E-state index is 11.4. The van der Waals surface area contributed by atoms with Crippen LogP contribution < -0.4 is 0 Å². The Kier molecular flexibility index (Phi) is 6.50. The highest BCUT2D eigenvalue weighted by Crippen LogP contribution is 2.23. The second-order valence-corrected chi connectivity index (χ2v) is 7.06. The number of hydrogen-bond donors (Lipinski definition) is 0. The van der Waals surface area contributed by atoms with Crippen LogP contribution in [0.25, 0.3) is 0 Å². The van der Waals surface area contributed by atoms with Crippen molar-refractivity contribution in [3.05, 3.63) is 65.2 Å². The Morgan fingerprint density at radius 2 is 1.68 bits per heavy atom. The minimum atomic E-state index is -0.299. The van der Waals surface area contributed by atoms with Gasteiger partial charge in [-0.05, 0) is 35.4 Å². The quantitative estimate of drug-likeness (QED) is 0.583. The van der Waals surface area contributed by atoms with Crippen molar-refractivity contribution in [1.82, 2.24) is 4.90 Å². The van der Waals surface area contributed by atoms with Crippen molar-refractivity contribution in [2.45, 2.75) is 17.2 Å². The highest BCUT2D eigenvalue weighted by atomic mass is 32.2. The molecule has 0 amide bonds. The van der Waals surface area contributed by atoms with Crippen LogP contribution in [0.15, 0.2) is 53.4 Å². The molecule has 0 N–H and O–H groups in total. The number of methoxy groups -OCH3 is 1. The lowest BCUT2D eigenvalue weighted by atomic mass is 10.1. The lowest BCUT2D eigenvalue weighted by Crippen LogP contribution is -2.35. The van der Waals surface area contributed by atoms with Gasteiger partial charge in [-0.2, -0.15) is 0 Å². The third-order valence-electron chi connectivity index (χ3n) is 4.21. The molecular formula is C20H23NO3S. The van der Waals surface area contributed by atoms with E-state index in [-0.39, 0.29) is 5.97 Å². The standard InChI is InChI=1S/C20H23NO3S/c1-23-20(22)18-6-8-19(9-7-18)25-15-17-4-2-16(3-5-17)14-21-10-12-24-13-11-21/h2-9H,10-15H2,1H3. The van der Waals surface area contributed by atoms with Gasteiger partial charge in [-0.25, -0.2) is 4.79 Å². The summed E-state index contributed by atoms with van der Waals surface area (Å²) in [4.78, 5) is 15.0. The van der Waals surface area contributed by atoms with Gasteiger partial charge in [0, 0.05) is 30.3 Å². The second kappa shape index (κ2) is 9.04. The minimum absolute atomic E-state index is 0.299. The molecule has 5 heteroatoms. The molecule has 0 aliphatic carbocycles. The number of benzene rings is 2. The summed E-state index contributed by atoms with van der Waals surface area (Å²) in [6.45, 7) is 4.69. The molecule has 0 spiro atoms. The monoisotopic (exact) mass is 357 g/mol. The van der Waals surface area contributed by atoms with E-state index < -0.39 is 0 Å². The summed E-state index contributed by atoms with van der Waals surface area (Å²) in [5.74, 6) is 0.613. The first-order valence-electron chi connectivity index (χ1n) is 8.44. The fourth-order valence-electron chi connectivity index (χ4n) is 2.73. The fourth-order valence-corrected chi connectivity index (χ4v) is 3.58. The van der Waals surface area contributed by atoms with Crippen molar-refractivity contribution in [1.29, 1.82) is 0 Å². The second-order valence-electron chi connectivity index (χ2n) is 6.01. The van der Waals surface area contributed by atoms with Crippen LogP contribution in [0.4, 0.5) is 0 Å². The van der Waals surface area contributed by atoms with E-state index in [2.05, 4.69) is 29.2 Å². The number of nitrogens with zero attached hydrogens (tertiary/aromatic N) is 1. The van der Waals surface area contributed by atoms with Crippen LogP contribution in [-0.2, 0) is 21.8 Å². The molecule has 2 aromatic rings. The summed E-state index contributed by atoms with van der Waals surface area (Å²) >= 11 is 1.76. The molecule has 0 aromatic heterocycles. The Hall–Kier alpha value is -1.82. The zero-order chi connectivity index (χ0) is 17.5. The van der Waals surface area contributed by atoms with Crippen molar-refractivity contribution in [2.24, 2.45) is 0 Å². The summed E-state index contributed by atoms with van der Waals surface area (Å²) < 4.78 is 10.1. The maximum Gasteiger partial charge on any atom is 0.337 e. The van der Waals surface area contributed by atoms with Gasteiger partial charge in [0.2, 0.25) is 0 Å². The van der Waals surface area contributed by atoms with E-state index in [0.717, 1.165) is 43.5 Å².